The molecule has 0 unspecified atom stereocenters. The number of hydrogen-bond acceptors (Lipinski definition) is 4. The van der Waals surface area contributed by atoms with E-state index in [1.165, 1.54) is 31.2 Å². The molecule has 0 bridgehead atoms. The average Bonchev–Trinajstić information content (AvgIpc) is 2.68. The van der Waals surface area contributed by atoms with Crippen molar-refractivity contribution in [2.24, 2.45) is 5.73 Å². The van der Waals surface area contributed by atoms with Crippen LogP contribution in [0.15, 0.2) is 48.5 Å². The van der Waals surface area contributed by atoms with E-state index in [-0.39, 0.29) is 12.8 Å². The number of nitrogens with two attached hydrogens (primary N) is 1. The third kappa shape index (κ3) is 6.91. The minimum absolute atomic E-state index is 0.139. The first-order chi connectivity index (χ1) is 13.8. The standard InChI is InChI=1S/C21H24FN3O4/c1-13(26)24-19(12-14-3-7-16(22)8-4-14)21(28)25-18(20(23)27)11-15-5-9-17(29-2)10-6-15/h3-10,18-19H,11-12H2,1-2H3,(H2,23,27)(H,24,26)(H,25,28)/t18-,19-/m1/s1. The highest BCUT2D eigenvalue weighted by atomic mass is 19.1. The Bertz CT molecular complexity index is 853. The SMILES string of the molecule is COc1ccc(C[C@@H](NC(=O)[C@@H](Cc2ccc(F)cc2)NC(C)=O)C(N)=O)cc1. The van der Waals surface area contributed by atoms with Gasteiger partial charge in [-0.05, 0) is 35.4 Å². The molecule has 0 fully saturated rings. The Hall–Kier alpha value is -3.42. The molecule has 0 saturated carbocycles. The molecule has 2 atom stereocenters. The Kier molecular flexibility index (Phi) is 7.70. The van der Waals surface area contributed by atoms with E-state index in [1.54, 1.807) is 31.4 Å². The lowest BCUT2D eigenvalue weighted by Gasteiger charge is -2.22. The van der Waals surface area contributed by atoms with Gasteiger partial charge < -0.3 is 21.1 Å². The van der Waals surface area contributed by atoms with Crippen LogP contribution in [-0.2, 0) is 27.2 Å². The predicted octanol–water partition coefficient (Wildman–Crippen LogP) is 1.09. The van der Waals surface area contributed by atoms with E-state index in [9.17, 15) is 18.8 Å². The predicted molar refractivity (Wildman–Crippen MR) is 106 cm³/mol. The van der Waals surface area contributed by atoms with Gasteiger partial charge in [0.05, 0.1) is 7.11 Å². The van der Waals surface area contributed by atoms with Crippen molar-refractivity contribution in [2.75, 3.05) is 7.11 Å². The molecule has 3 amide bonds. The van der Waals surface area contributed by atoms with Crippen molar-refractivity contribution in [3.63, 3.8) is 0 Å². The van der Waals surface area contributed by atoms with E-state index < -0.39 is 35.6 Å². The molecule has 0 heterocycles. The van der Waals surface area contributed by atoms with E-state index in [0.717, 1.165) is 5.56 Å². The van der Waals surface area contributed by atoms with E-state index >= 15 is 0 Å². The van der Waals surface area contributed by atoms with Gasteiger partial charge in [-0.15, -0.1) is 0 Å². The van der Waals surface area contributed by atoms with Gasteiger partial charge in [-0.2, -0.15) is 0 Å². The van der Waals surface area contributed by atoms with E-state index in [0.29, 0.717) is 11.3 Å². The van der Waals surface area contributed by atoms with Crippen LogP contribution in [-0.4, -0.2) is 36.9 Å². The fourth-order valence-corrected chi connectivity index (χ4v) is 2.80. The minimum atomic E-state index is -0.958. The number of ether oxygens (including phenoxy) is 1. The Morgan fingerprint density at radius 3 is 1.93 bits per heavy atom. The fraction of sp³-hybridized carbons (Fsp3) is 0.286. The van der Waals surface area contributed by atoms with Gasteiger partial charge in [0.2, 0.25) is 17.7 Å². The van der Waals surface area contributed by atoms with Crippen LogP contribution >= 0.6 is 0 Å². The first kappa shape index (κ1) is 21.9. The van der Waals surface area contributed by atoms with E-state index in [2.05, 4.69) is 10.6 Å². The first-order valence-corrected chi connectivity index (χ1v) is 9.02. The van der Waals surface area contributed by atoms with Gasteiger partial charge in [-0.1, -0.05) is 24.3 Å². The van der Waals surface area contributed by atoms with E-state index in [1.807, 2.05) is 0 Å². The summed E-state index contributed by atoms with van der Waals surface area (Å²) in [5, 5.41) is 5.15. The summed E-state index contributed by atoms with van der Waals surface area (Å²) in [4.78, 5) is 36.1. The van der Waals surface area contributed by atoms with Crippen LogP contribution in [0.4, 0.5) is 4.39 Å². The third-order valence-corrected chi connectivity index (χ3v) is 4.31. The smallest absolute Gasteiger partial charge is 0.243 e. The molecule has 29 heavy (non-hydrogen) atoms. The van der Waals surface area contributed by atoms with Gasteiger partial charge in [-0.25, -0.2) is 4.39 Å². The van der Waals surface area contributed by atoms with Gasteiger partial charge >= 0.3 is 0 Å². The number of benzene rings is 2. The lowest BCUT2D eigenvalue weighted by Crippen LogP contribution is -2.54. The second-order valence-electron chi connectivity index (χ2n) is 6.60. The largest absolute Gasteiger partial charge is 0.497 e. The number of primary amides is 1. The van der Waals surface area contributed by atoms with E-state index in [4.69, 9.17) is 10.5 Å². The highest BCUT2D eigenvalue weighted by molar-refractivity contribution is 5.91. The van der Waals surface area contributed by atoms with Crippen molar-refractivity contribution >= 4 is 17.7 Å². The molecule has 7 nitrogen and oxygen atoms in total. The zero-order chi connectivity index (χ0) is 21.4. The maximum absolute atomic E-state index is 13.1. The Labute approximate surface area is 168 Å². The summed E-state index contributed by atoms with van der Waals surface area (Å²) in [6, 6.07) is 10.7. The van der Waals surface area contributed by atoms with Crippen molar-refractivity contribution in [1.29, 1.82) is 0 Å². The normalized spacial score (nSPS) is 12.5. The third-order valence-electron chi connectivity index (χ3n) is 4.31. The molecular weight excluding hydrogens is 377 g/mol. The second-order valence-corrected chi connectivity index (χ2v) is 6.60. The molecule has 2 aromatic rings. The summed E-state index contributed by atoms with van der Waals surface area (Å²) in [5.74, 6) is -1.39. The van der Waals surface area contributed by atoms with Crippen LogP contribution in [0.2, 0.25) is 0 Å². The van der Waals surface area contributed by atoms with Gasteiger partial charge in [0.25, 0.3) is 0 Å². The number of carbonyl (C=O) groups is 3. The number of rotatable bonds is 9. The lowest BCUT2D eigenvalue weighted by molar-refractivity contribution is -0.130. The molecule has 0 aliphatic carbocycles. The van der Waals surface area contributed by atoms with Gasteiger partial charge in [0.15, 0.2) is 0 Å². The molecular formula is C21H24FN3O4. The quantitative estimate of drug-likeness (QED) is 0.584. The Balaban J connectivity index is 2.11. The van der Waals surface area contributed by atoms with Crippen molar-refractivity contribution in [2.45, 2.75) is 31.8 Å². The van der Waals surface area contributed by atoms with Crippen LogP contribution in [0.5, 0.6) is 5.75 Å². The summed E-state index contributed by atoms with van der Waals surface area (Å²) in [6.07, 6.45) is 0.327. The molecule has 8 heteroatoms. The number of amides is 3. The van der Waals surface area contributed by atoms with Gasteiger partial charge in [0.1, 0.15) is 23.7 Å². The van der Waals surface area contributed by atoms with Crippen molar-refractivity contribution in [1.82, 2.24) is 10.6 Å². The number of nitrogens with one attached hydrogen (secondary N) is 2. The number of carbonyl (C=O) groups excluding carboxylic acids is 3. The summed E-state index contributed by atoms with van der Waals surface area (Å²) >= 11 is 0. The molecule has 0 aliphatic heterocycles. The molecule has 2 rings (SSSR count). The molecule has 4 N–H and O–H groups in total. The second kappa shape index (κ2) is 10.2. The molecule has 0 aromatic heterocycles. The molecule has 2 aromatic carbocycles. The fourth-order valence-electron chi connectivity index (χ4n) is 2.80. The van der Waals surface area contributed by atoms with Crippen molar-refractivity contribution < 1.29 is 23.5 Å². The monoisotopic (exact) mass is 401 g/mol. The van der Waals surface area contributed by atoms with Crippen LogP contribution in [0, 0.1) is 5.82 Å². The van der Waals surface area contributed by atoms with Crippen LogP contribution < -0.4 is 21.1 Å². The first-order valence-electron chi connectivity index (χ1n) is 9.02. The molecule has 154 valence electrons. The summed E-state index contributed by atoms with van der Waals surface area (Å²) in [5.41, 5.74) is 6.89. The van der Waals surface area contributed by atoms with Gasteiger partial charge in [0, 0.05) is 19.8 Å². The Morgan fingerprint density at radius 2 is 1.45 bits per heavy atom. The summed E-state index contributed by atoms with van der Waals surface area (Å²) in [6.45, 7) is 1.29. The highest BCUT2D eigenvalue weighted by Gasteiger charge is 2.25. The zero-order valence-electron chi connectivity index (χ0n) is 16.3. The minimum Gasteiger partial charge on any atom is -0.497 e. The molecule has 0 saturated heterocycles. The van der Waals surface area contributed by atoms with Crippen LogP contribution in [0.1, 0.15) is 18.1 Å². The number of halogens is 1. The molecule has 0 radical (unpaired) electrons. The average molecular weight is 401 g/mol. The lowest BCUT2D eigenvalue weighted by atomic mass is 10.0. The highest BCUT2D eigenvalue weighted by Crippen LogP contribution is 2.13. The zero-order valence-corrected chi connectivity index (χ0v) is 16.3. The maximum Gasteiger partial charge on any atom is 0.243 e. The van der Waals surface area contributed by atoms with Gasteiger partial charge in [-0.3, -0.25) is 14.4 Å². The number of methoxy groups -OCH3 is 1. The summed E-state index contributed by atoms with van der Waals surface area (Å²) in [7, 11) is 1.55. The number of hydrogen-bond donors (Lipinski definition) is 3. The summed E-state index contributed by atoms with van der Waals surface area (Å²) < 4.78 is 18.2. The Morgan fingerprint density at radius 1 is 0.931 bits per heavy atom. The maximum atomic E-state index is 13.1. The topological polar surface area (TPSA) is 111 Å². The molecule has 0 aliphatic rings. The van der Waals surface area contributed by atoms with Crippen LogP contribution in [0.3, 0.4) is 0 Å². The molecule has 0 spiro atoms. The van der Waals surface area contributed by atoms with Crippen LogP contribution in [0.25, 0.3) is 0 Å². The van der Waals surface area contributed by atoms with Crippen molar-refractivity contribution in [3.8, 4) is 5.75 Å². The van der Waals surface area contributed by atoms with Crippen molar-refractivity contribution in [3.05, 3.63) is 65.5 Å².